The summed E-state index contributed by atoms with van der Waals surface area (Å²) in [6.07, 6.45) is 4.76. The van der Waals surface area contributed by atoms with Crippen LogP contribution in [0.15, 0.2) is 18.2 Å². The zero-order chi connectivity index (χ0) is 17.0. The van der Waals surface area contributed by atoms with E-state index in [1.54, 1.807) is 12.1 Å². The Morgan fingerprint density at radius 1 is 1.38 bits per heavy atom. The van der Waals surface area contributed by atoms with Crippen LogP contribution in [-0.4, -0.2) is 37.2 Å². The molecule has 0 aromatic heterocycles. The van der Waals surface area contributed by atoms with Crippen molar-refractivity contribution in [2.75, 3.05) is 30.3 Å². The number of ether oxygens (including phenoxy) is 1. The fraction of sp³-hybridized carbons (Fsp3) is 0.611. The minimum absolute atomic E-state index is 0. The van der Waals surface area contributed by atoms with Gasteiger partial charge in [-0.3, -0.25) is 4.79 Å². The Balaban J connectivity index is 0.00000169. The maximum Gasteiger partial charge on any atom is 0.244 e. The summed E-state index contributed by atoms with van der Waals surface area (Å²) in [5.74, 6) is -0.447. The second-order valence-corrected chi connectivity index (χ2v) is 6.63. The van der Waals surface area contributed by atoms with E-state index in [0.29, 0.717) is 17.9 Å². The zero-order valence-electron chi connectivity index (χ0n) is 15.0. The second kappa shape index (κ2) is 10.3. The first-order valence-electron chi connectivity index (χ1n) is 8.84. The molecule has 2 aliphatic heterocycles. The lowest BCUT2D eigenvalue weighted by atomic mass is 9.93. The Kier molecular flexibility index (Phi) is 9.10. The van der Waals surface area contributed by atoms with Crippen LogP contribution >= 0.6 is 24.8 Å². The molecule has 3 rings (SSSR count). The number of hydrogen-bond donors (Lipinski definition) is 3. The molecule has 0 aliphatic carbocycles. The number of anilines is 2. The number of rotatable bonds is 6. The van der Waals surface area contributed by atoms with Crippen molar-refractivity contribution in [3.05, 3.63) is 24.0 Å². The molecule has 2 saturated heterocycles. The molecule has 2 aliphatic rings. The summed E-state index contributed by atoms with van der Waals surface area (Å²) in [6.45, 7) is 4.23. The molecule has 1 aromatic rings. The summed E-state index contributed by atoms with van der Waals surface area (Å²) in [4.78, 5) is 12.5. The molecule has 0 spiro atoms. The third-order valence-electron chi connectivity index (χ3n) is 5.05. The van der Waals surface area contributed by atoms with E-state index in [1.165, 1.54) is 6.07 Å². The largest absolute Gasteiger partial charge is 0.380 e. The van der Waals surface area contributed by atoms with Crippen LogP contribution in [-0.2, 0) is 9.53 Å². The third-order valence-corrected chi connectivity index (χ3v) is 5.05. The van der Waals surface area contributed by atoms with E-state index in [9.17, 15) is 9.18 Å². The minimum atomic E-state index is -0.521. The lowest BCUT2D eigenvalue weighted by molar-refractivity contribution is -0.122. The van der Waals surface area contributed by atoms with E-state index >= 15 is 0 Å². The van der Waals surface area contributed by atoms with Gasteiger partial charge in [0.15, 0.2) is 0 Å². The number of carbonyl (C=O) groups excluding carboxylic acids is 1. The van der Waals surface area contributed by atoms with E-state index < -0.39 is 5.54 Å². The van der Waals surface area contributed by atoms with Gasteiger partial charge in [-0.25, -0.2) is 4.39 Å². The van der Waals surface area contributed by atoms with Gasteiger partial charge in [0, 0.05) is 18.8 Å². The van der Waals surface area contributed by atoms with Crippen molar-refractivity contribution < 1.29 is 13.9 Å². The highest BCUT2D eigenvalue weighted by Crippen LogP contribution is 2.26. The van der Waals surface area contributed by atoms with Gasteiger partial charge >= 0.3 is 0 Å². The summed E-state index contributed by atoms with van der Waals surface area (Å²) in [5.41, 5.74) is 0.405. The maximum atomic E-state index is 14.3. The van der Waals surface area contributed by atoms with Crippen molar-refractivity contribution in [2.24, 2.45) is 0 Å². The highest BCUT2D eigenvalue weighted by atomic mass is 35.5. The van der Waals surface area contributed by atoms with E-state index in [-0.39, 0.29) is 42.6 Å². The summed E-state index contributed by atoms with van der Waals surface area (Å²) < 4.78 is 19.8. The van der Waals surface area contributed by atoms with Crippen LogP contribution in [0, 0.1) is 5.82 Å². The second-order valence-electron chi connectivity index (χ2n) is 6.63. The van der Waals surface area contributed by atoms with Crippen molar-refractivity contribution in [1.29, 1.82) is 0 Å². The van der Waals surface area contributed by atoms with Crippen molar-refractivity contribution in [3.8, 4) is 0 Å². The Bertz CT molecular complexity index is 592. The quantitative estimate of drug-likeness (QED) is 0.671. The molecule has 1 amide bonds. The van der Waals surface area contributed by atoms with Crippen molar-refractivity contribution in [2.45, 2.75) is 50.7 Å². The topological polar surface area (TPSA) is 62.4 Å². The first-order valence-corrected chi connectivity index (χ1v) is 8.84. The van der Waals surface area contributed by atoms with Crippen LogP contribution in [0.3, 0.4) is 0 Å². The maximum absolute atomic E-state index is 14.3. The fourth-order valence-electron chi connectivity index (χ4n) is 3.48. The van der Waals surface area contributed by atoms with Crippen LogP contribution in [0.25, 0.3) is 0 Å². The molecule has 2 unspecified atom stereocenters. The highest BCUT2D eigenvalue weighted by molar-refractivity contribution is 5.98. The van der Waals surface area contributed by atoms with Crippen LogP contribution in [0.2, 0.25) is 0 Å². The Morgan fingerprint density at radius 3 is 2.77 bits per heavy atom. The molecule has 0 radical (unpaired) electrons. The van der Waals surface area contributed by atoms with Gasteiger partial charge in [0.05, 0.1) is 17.3 Å². The number of halogens is 3. The first-order chi connectivity index (χ1) is 11.6. The number of hydrogen-bond acceptors (Lipinski definition) is 4. The molecule has 2 heterocycles. The fourth-order valence-corrected chi connectivity index (χ4v) is 3.48. The number of carbonyl (C=O) groups is 1. The van der Waals surface area contributed by atoms with Crippen LogP contribution in [0.5, 0.6) is 0 Å². The Morgan fingerprint density at radius 2 is 2.19 bits per heavy atom. The van der Waals surface area contributed by atoms with Crippen molar-refractivity contribution in [1.82, 2.24) is 5.32 Å². The molecule has 26 heavy (non-hydrogen) atoms. The lowest BCUT2D eigenvalue weighted by Crippen LogP contribution is -2.50. The minimum Gasteiger partial charge on any atom is -0.380 e. The average molecular weight is 408 g/mol. The van der Waals surface area contributed by atoms with Gasteiger partial charge in [0.25, 0.3) is 0 Å². The lowest BCUT2D eigenvalue weighted by Gasteiger charge is -2.26. The standard InChI is InChI=1S/C18H26FN3O2.2ClH/c1-2-18(8-4-9-21-18)17(23)22-13-6-7-16(15(19)11-13)20-12-14-5-3-10-24-14;;/h6-7,11,14,20-21H,2-5,8-10,12H2,1H3,(H,22,23);2*1H. The Labute approximate surface area is 166 Å². The monoisotopic (exact) mass is 407 g/mol. The molecule has 2 fully saturated rings. The summed E-state index contributed by atoms with van der Waals surface area (Å²) in [6, 6.07) is 4.77. The smallest absolute Gasteiger partial charge is 0.244 e. The van der Waals surface area contributed by atoms with Gasteiger partial charge in [-0.2, -0.15) is 0 Å². The van der Waals surface area contributed by atoms with Crippen LogP contribution in [0.1, 0.15) is 39.0 Å². The summed E-state index contributed by atoms with van der Waals surface area (Å²) in [7, 11) is 0. The van der Waals surface area contributed by atoms with E-state index in [0.717, 1.165) is 45.3 Å². The van der Waals surface area contributed by atoms with E-state index in [2.05, 4.69) is 16.0 Å². The van der Waals surface area contributed by atoms with Gasteiger partial charge in [-0.05, 0) is 56.8 Å². The van der Waals surface area contributed by atoms with Crippen LogP contribution < -0.4 is 16.0 Å². The summed E-state index contributed by atoms with van der Waals surface area (Å²) >= 11 is 0. The van der Waals surface area contributed by atoms with Crippen molar-refractivity contribution >= 4 is 42.1 Å². The molecule has 148 valence electrons. The van der Waals surface area contributed by atoms with Gasteiger partial charge in [0.2, 0.25) is 5.91 Å². The molecular formula is C18H28Cl2FN3O2. The predicted octanol–water partition coefficient (Wildman–Crippen LogP) is 3.73. The predicted molar refractivity (Wildman–Crippen MR) is 107 cm³/mol. The van der Waals surface area contributed by atoms with Gasteiger partial charge in [-0.1, -0.05) is 6.92 Å². The normalized spacial score (nSPS) is 24.5. The third kappa shape index (κ3) is 5.22. The van der Waals surface area contributed by atoms with E-state index in [4.69, 9.17) is 4.74 Å². The first kappa shape index (κ1) is 23.0. The van der Waals surface area contributed by atoms with Crippen LogP contribution in [0.4, 0.5) is 15.8 Å². The number of benzene rings is 1. The molecule has 0 saturated carbocycles. The molecule has 2 atom stereocenters. The molecule has 8 heteroatoms. The number of nitrogens with one attached hydrogen (secondary N) is 3. The van der Waals surface area contributed by atoms with Gasteiger partial charge in [-0.15, -0.1) is 24.8 Å². The SMILES string of the molecule is CCC1(C(=O)Nc2ccc(NCC3CCCO3)c(F)c2)CCCN1.Cl.Cl. The molecule has 3 N–H and O–H groups in total. The molecule has 1 aromatic carbocycles. The summed E-state index contributed by atoms with van der Waals surface area (Å²) in [5, 5.41) is 9.22. The molecule has 5 nitrogen and oxygen atoms in total. The van der Waals surface area contributed by atoms with Gasteiger partial charge < -0.3 is 20.7 Å². The number of amides is 1. The highest BCUT2D eigenvalue weighted by Gasteiger charge is 2.39. The Hall–Kier alpha value is -1.08. The molecule has 0 bridgehead atoms. The average Bonchev–Trinajstić information content (AvgIpc) is 3.26. The van der Waals surface area contributed by atoms with Crippen molar-refractivity contribution in [3.63, 3.8) is 0 Å². The zero-order valence-corrected chi connectivity index (χ0v) is 16.6. The molecular weight excluding hydrogens is 380 g/mol. The van der Waals surface area contributed by atoms with Gasteiger partial charge in [0.1, 0.15) is 5.82 Å². The van der Waals surface area contributed by atoms with E-state index in [1.807, 2.05) is 6.92 Å².